The number of nitrogens with zero attached hydrogens (tertiary/aromatic N) is 1. The Morgan fingerprint density at radius 1 is 1.24 bits per heavy atom. The highest BCUT2D eigenvalue weighted by atomic mass is 19.1. The summed E-state index contributed by atoms with van der Waals surface area (Å²) in [5, 5.41) is 14.1. The summed E-state index contributed by atoms with van der Waals surface area (Å²) < 4.78 is 13.9. The molecule has 1 saturated carbocycles. The molecule has 2 amide bonds. The van der Waals surface area contributed by atoms with Crippen LogP contribution in [-0.2, 0) is 11.2 Å². The standard InChI is InChI=1S/C27H30FN3O3/c1-27-10-8-21-20-5-3-19(31-26(34)30-11-9-25(32)33)13-16(20)2-4-22(21)24(27)7-6-23(27)17-12-18(28)15-29-14-17/h3,5-6,12-15,21-22,24H,2,4,7-11H2,1H3,(H,32,33)(H2,30,31,34)/t21?,22?,24?,27-/m1/s1. The van der Waals surface area contributed by atoms with Crippen LogP contribution in [0.15, 0.2) is 42.7 Å². The van der Waals surface area contributed by atoms with Crippen molar-refractivity contribution < 1.29 is 19.1 Å². The third kappa shape index (κ3) is 4.08. The highest BCUT2D eigenvalue weighted by Gasteiger charge is 2.51. The summed E-state index contributed by atoms with van der Waals surface area (Å²) >= 11 is 0. The number of hydrogen-bond acceptors (Lipinski definition) is 3. The summed E-state index contributed by atoms with van der Waals surface area (Å²) in [6, 6.07) is 7.39. The first-order valence-electron chi connectivity index (χ1n) is 12.1. The summed E-state index contributed by atoms with van der Waals surface area (Å²) in [6.45, 7) is 2.45. The van der Waals surface area contributed by atoms with Crippen molar-refractivity contribution in [1.82, 2.24) is 10.3 Å². The molecule has 0 spiro atoms. The number of anilines is 1. The van der Waals surface area contributed by atoms with Gasteiger partial charge >= 0.3 is 12.0 Å². The molecule has 0 aliphatic heterocycles. The second kappa shape index (κ2) is 8.85. The van der Waals surface area contributed by atoms with E-state index in [4.69, 9.17) is 5.11 Å². The van der Waals surface area contributed by atoms with Crippen LogP contribution in [0, 0.1) is 23.1 Å². The third-order valence-electron chi connectivity index (χ3n) is 8.21. The second-order valence-electron chi connectivity index (χ2n) is 10.1. The zero-order valence-electron chi connectivity index (χ0n) is 19.3. The maximum atomic E-state index is 13.9. The Hall–Kier alpha value is -3.22. The van der Waals surface area contributed by atoms with Crippen LogP contribution in [0.1, 0.15) is 61.6 Å². The number of nitrogens with one attached hydrogen (secondary N) is 2. The van der Waals surface area contributed by atoms with Gasteiger partial charge in [0.05, 0.1) is 12.6 Å². The van der Waals surface area contributed by atoms with E-state index in [1.807, 2.05) is 6.07 Å². The molecule has 5 rings (SSSR count). The van der Waals surface area contributed by atoms with E-state index in [0.717, 1.165) is 43.4 Å². The first-order valence-corrected chi connectivity index (χ1v) is 12.1. The number of fused-ring (bicyclic) bond motifs is 5. The van der Waals surface area contributed by atoms with Crippen molar-refractivity contribution in [2.75, 3.05) is 11.9 Å². The number of carbonyl (C=O) groups is 2. The number of rotatable bonds is 5. The molecule has 0 radical (unpaired) electrons. The van der Waals surface area contributed by atoms with E-state index in [2.05, 4.69) is 40.8 Å². The predicted octanol–water partition coefficient (Wildman–Crippen LogP) is 5.37. The van der Waals surface area contributed by atoms with Crippen molar-refractivity contribution in [1.29, 1.82) is 0 Å². The van der Waals surface area contributed by atoms with Gasteiger partial charge in [0.1, 0.15) is 5.82 Å². The average Bonchev–Trinajstić information content (AvgIpc) is 3.15. The lowest BCUT2D eigenvalue weighted by Crippen LogP contribution is -2.41. The van der Waals surface area contributed by atoms with Crippen LogP contribution in [0.2, 0.25) is 0 Å². The monoisotopic (exact) mass is 463 g/mol. The summed E-state index contributed by atoms with van der Waals surface area (Å²) in [6.07, 6.45) is 10.5. The number of carbonyl (C=O) groups excluding carboxylic acids is 1. The first kappa shape index (κ1) is 22.6. The zero-order chi connectivity index (χ0) is 23.9. The van der Waals surface area contributed by atoms with Gasteiger partial charge in [-0.2, -0.15) is 0 Å². The van der Waals surface area contributed by atoms with E-state index >= 15 is 0 Å². The molecule has 7 heteroatoms. The predicted molar refractivity (Wildman–Crippen MR) is 128 cm³/mol. The van der Waals surface area contributed by atoms with E-state index < -0.39 is 5.97 Å². The number of amides is 2. The van der Waals surface area contributed by atoms with Gasteiger partial charge in [0.15, 0.2) is 0 Å². The van der Waals surface area contributed by atoms with Gasteiger partial charge < -0.3 is 15.7 Å². The number of carboxylic acids is 1. The molecule has 178 valence electrons. The SMILES string of the molecule is C[C@]12CCC3c4ccc(NC(=O)NCCC(=O)O)cc4CCC3C1CC=C2c1cncc(F)c1. The number of aryl methyl sites for hydroxylation is 1. The summed E-state index contributed by atoms with van der Waals surface area (Å²) in [7, 11) is 0. The molecule has 3 aliphatic rings. The molecule has 1 aromatic carbocycles. The van der Waals surface area contributed by atoms with Gasteiger partial charge in [0.2, 0.25) is 0 Å². The van der Waals surface area contributed by atoms with Crippen LogP contribution in [-0.4, -0.2) is 28.6 Å². The van der Waals surface area contributed by atoms with Crippen LogP contribution in [0.25, 0.3) is 5.57 Å². The Morgan fingerprint density at radius 2 is 2.09 bits per heavy atom. The molecule has 6 nitrogen and oxygen atoms in total. The fourth-order valence-corrected chi connectivity index (χ4v) is 6.69. The van der Waals surface area contributed by atoms with Crippen LogP contribution < -0.4 is 10.6 Å². The van der Waals surface area contributed by atoms with Crippen molar-refractivity contribution >= 4 is 23.3 Å². The molecule has 1 heterocycles. The number of hydrogen-bond donors (Lipinski definition) is 3. The molecule has 4 atom stereocenters. The van der Waals surface area contributed by atoms with Gasteiger partial charge in [-0.05, 0) is 95.7 Å². The first-order chi connectivity index (χ1) is 16.3. The number of benzene rings is 1. The summed E-state index contributed by atoms with van der Waals surface area (Å²) in [5.41, 5.74) is 5.61. The Kier molecular flexibility index (Phi) is 5.88. The molecule has 0 bridgehead atoms. The highest BCUT2D eigenvalue weighted by molar-refractivity contribution is 5.89. The number of aliphatic carboxylic acids is 1. The lowest BCUT2D eigenvalue weighted by atomic mass is 9.54. The van der Waals surface area contributed by atoms with Crippen molar-refractivity contribution in [3.05, 3.63) is 65.2 Å². The van der Waals surface area contributed by atoms with Gasteiger partial charge in [0, 0.05) is 18.4 Å². The van der Waals surface area contributed by atoms with Gasteiger partial charge in [-0.1, -0.05) is 19.1 Å². The van der Waals surface area contributed by atoms with Gasteiger partial charge in [-0.15, -0.1) is 0 Å². The van der Waals surface area contributed by atoms with Crippen molar-refractivity contribution in [3.63, 3.8) is 0 Å². The fourth-order valence-electron chi connectivity index (χ4n) is 6.69. The third-order valence-corrected chi connectivity index (χ3v) is 8.21. The maximum Gasteiger partial charge on any atom is 0.319 e. The quantitative estimate of drug-likeness (QED) is 0.556. The van der Waals surface area contributed by atoms with Gasteiger partial charge in [0.25, 0.3) is 0 Å². The topological polar surface area (TPSA) is 91.3 Å². The van der Waals surface area contributed by atoms with Crippen molar-refractivity contribution in [3.8, 4) is 0 Å². The van der Waals surface area contributed by atoms with Crippen molar-refractivity contribution in [2.24, 2.45) is 17.3 Å². The molecule has 3 aliphatic carbocycles. The normalized spacial score (nSPS) is 27.1. The molecule has 3 unspecified atom stereocenters. The molecule has 34 heavy (non-hydrogen) atoms. The Morgan fingerprint density at radius 3 is 2.88 bits per heavy atom. The Balaban J connectivity index is 1.30. The Labute approximate surface area is 198 Å². The lowest BCUT2D eigenvalue weighted by molar-refractivity contribution is -0.136. The van der Waals surface area contributed by atoms with Crippen LogP contribution in [0.4, 0.5) is 14.9 Å². The minimum absolute atomic E-state index is 0.0453. The molecule has 1 fully saturated rings. The average molecular weight is 464 g/mol. The molecular weight excluding hydrogens is 433 g/mol. The highest BCUT2D eigenvalue weighted by Crippen LogP contribution is 2.63. The summed E-state index contributed by atoms with van der Waals surface area (Å²) in [5.74, 6) is 0.392. The number of aromatic nitrogens is 1. The minimum atomic E-state index is -0.940. The lowest BCUT2D eigenvalue weighted by Gasteiger charge is -2.50. The molecule has 2 aromatic rings. The number of carboxylic acid groups (broad SMARTS) is 1. The molecule has 3 N–H and O–H groups in total. The van der Waals surface area contributed by atoms with E-state index in [0.29, 0.717) is 17.8 Å². The number of allylic oxidation sites excluding steroid dienone is 2. The van der Waals surface area contributed by atoms with Crippen LogP contribution in [0.3, 0.4) is 0 Å². The molecular formula is C27H30FN3O3. The van der Waals surface area contributed by atoms with E-state index in [1.165, 1.54) is 22.9 Å². The number of halogens is 1. The van der Waals surface area contributed by atoms with E-state index in [9.17, 15) is 14.0 Å². The number of pyridine rings is 1. The fraction of sp³-hybridized carbons (Fsp3) is 0.444. The second-order valence-corrected chi connectivity index (χ2v) is 10.1. The number of urea groups is 1. The smallest absolute Gasteiger partial charge is 0.319 e. The van der Waals surface area contributed by atoms with E-state index in [1.54, 1.807) is 12.3 Å². The van der Waals surface area contributed by atoms with E-state index in [-0.39, 0.29) is 30.2 Å². The molecule has 1 aromatic heterocycles. The van der Waals surface area contributed by atoms with Crippen molar-refractivity contribution in [2.45, 2.75) is 51.4 Å². The van der Waals surface area contributed by atoms with Gasteiger partial charge in [-0.25, -0.2) is 9.18 Å². The van der Waals surface area contributed by atoms with Crippen LogP contribution >= 0.6 is 0 Å². The largest absolute Gasteiger partial charge is 0.481 e. The van der Waals surface area contributed by atoms with Crippen LogP contribution in [0.5, 0.6) is 0 Å². The van der Waals surface area contributed by atoms with Gasteiger partial charge in [-0.3, -0.25) is 9.78 Å². The maximum absolute atomic E-state index is 13.9. The molecule has 0 saturated heterocycles. The summed E-state index contributed by atoms with van der Waals surface area (Å²) in [4.78, 5) is 26.8. The minimum Gasteiger partial charge on any atom is -0.481 e. The Bertz CT molecular complexity index is 1160. The zero-order valence-corrected chi connectivity index (χ0v) is 19.3.